The van der Waals surface area contributed by atoms with Gasteiger partial charge in [0, 0.05) is 44.1 Å². The van der Waals surface area contributed by atoms with Gasteiger partial charge in [0.2, 0.25) is 11.8 Å². The average Bonchev–Trinajstić information content (AvgIpc) is 2.71. The minimum atomic E-state index is 0.0733. The van der Waals surface area contributed by atoms with Crippen LogP contribution >= 0.6 is 0 Å². The highest BCUT2D eigenvalue weighted by Gasteiger charge is 2.40. The number of carbonyl (C=O) groups is 2. The molecule has 0 spiro atoms. The fraction of sp³-hybridized carbons (Fsp3) is 0.846. The van der Waals surface area contributed by atoms with Gasteiger partial charge in [-0.2, -0.15) is 0 Å². The van der Waals surface area contributed by atoms with Gasteiger partial charge >= 0.3 is 0 Å². The summed E-state index contributed by atoms with van der Waals surface area (Å²) in [5, 5.41) is 6.20. The Hall–Kier alpha value is -1.14. The summed E-state index contributed by atoms with van der Waals surface area (Å²) < 4.78 is 5.38. The van der Waals surface area contributed by atoms with Crippen LogP contribution in [0, 0.1) is 0 Å². The van der Waals surface area contributed by atoms with Crippen LogP contribution in [0.2, 0.25) is 0 Å². The highest BCUT2D eigenvalue weighted by Crippen LogP contribution is 2.29. The Morgan fingerprint density at radius 2 is 2.21 bits per heavy atom. The highest BCUT2D eigenvalue weighted by molar-refractivity contribution is 5.82. The molecule has 0 aromatic heterocycles. The van der Waals surface area contributed by atoms with Crippen molar-refractivity contribution in [3.8, 4) is 0 Å². The number of nitrogens with zero attached hydrogens (tertiary/aromatic N) is 1. The van der Waals surface area contributed by atoms with Crippen molar-refractivity contribution in [3.63, 3.8) is 0 Å². The molecule has 106 valence electrons. The predicted molar refractivity (Wildman–Crippen MR) is 68.5 cm³/mol. The molecule has 3 saturated heterocycles. The summed E-state index contributed by atoms with van der Waals surface area (Å²) in [6, 6.07) is 0.408. The van der Waals surface area contributed by atoms with E-state index in [-0.39, 0.29) is 29.9 Å². The number of morpholine rings is 1. The average molecular weight is 267 g/mol. The van der Waals surface area contributed by atoms with Gasteiger partial charge in [0.1, 0.15) is 0 Å². The number of rotatable bonds is 2. The first-order valence-corrected chi connectivity index (χ1v) is 7.13. The number of nitrogens with one attached hydrogen (secondary N) is 2. The molecule has 6 heteroatoms. The van der Waals surface area contributed by atoms with Gasteiger partial charge in [0.25, 0.3) is 0 Å². The van der Waals surface area contributed by atoms with Gasteiger partial charge in [-0.25, -0.2) is 0 Å². The standard InChI is InChI=1S/C13H21N3O3/c17-12-6-10-1-2-11(7-15-12)16(10)13(18)5-9-8-19-4-3-14-9/h9-11,14H,1-8H2,(H,15,17). The first kappa shape index (κ1) is 12.9. The van der Waals surface area contributed by atoms with E-state index in [0.717, 1.165) is 26.0 Å². The molecule has 0 aliphatic carbocycles. The third-order valence-electron chi connectivity index (χ3n) is 4.28. The van der Waals surface area contributed by atoms with Crippen LogP contribution in [-0.2, 0) is 14.3 Å². The fourth-order valence-electron chi connectivity index (χ4n) is 3.35. The Kier molecular flexibility index (Phi) is 3.70. The van der Waals surface area contributed by atoms with Crippen molar-refractivity contribution < 1.29 is 14.3 Å². The zero-order valence-electron chi connectivity index (χ0n) is 11.1. The number of ether oxygens (including phenoxy) is 1. The fourth-order valence-corrected chi connectivity index (χ4v) is 3.35. The van der Waals surface area contributed by atoms with E-state index in [1.807, 2.05) is 4.90 Å². The molecule has 2 N–H and O–H groups in total. The van der Waals surface area contributed by atoms with Crippen molar-refractivity contribution in [2.24, 2.45) is 0 Å². The lowest BCUT2D eigenvalue weighted by Crippen LogP contribution is -2.48. The van der Waals surface area contributed by atoms with Crippen LogP contribution < -0.4 is 10.6 Å². The quantitative estimate of drug-likeness (QED) is 0.690. The highest BCUT2D eigenvalue weighted by atomic mass is 16.5. The maximum absolute atomic E-state index is 12.5. The lowest BCUT2D eigenvalue weighted by atomic mass is 10.1. The molecule has 3 heterocycles. The van der Waals surface area contributed by atoms with Gasteiger partial charge < -0.3 is 20.3 Å². The summed E-state index contributed by atoms with van der Waals surface area (Å²) in [5.41, 5.74) is 0. The summed E-state index contributed by atoms with van der Waals surface area (Å²) >= 11 is 0. The van der Waals surface area contributed by atoms with Crippen LogP contribution in [-0.4, -0.2) is 61.1 Å². The smallest absolute Gasteiger partial charge is 0.224 e. The number of hydrogen-bond acceptors (Lipinski definition) is 4. The van der Waals surface area contributed by atoms with Crippen LogP contribution in [0.3, 0.4) is 0 Å². The van der Waals surface area contributed by atoms with E-state index in [1.54, 1.807) is 0 Å². The first-order chi connectivity index (χ1) is 9.24. The number of amides is 2. The molecule has 3 unspecified atom stereocenters. The topological polar surface area (TPSA) is 70.7 Å². The number of fused-ring (bicyclic) bond motifs is 2. The van der Waals surface area contributed by atoms with E-state index in [0.29, 0.717) is 26.0 Å². The summed E-state index contributed by atoms with van der Waals surface area (Å²) in [6.07, 6.45) is 2.89. The molecule has 0 aromatic carbocycles. The Bertz CT molecular complexity index is 368. The third kappa shape index (κ3) is 2.74. The second kappa shape index (κ2) is 5.46. The molecule has 0 saturated carbocycles. The summed E-state index contributed by atoms with van der Waals surface area (Å²) in [4.78, 5) is 26.0. The number of carbonyl (C=O) groups excluding carboxylic acids is 2. The van der Waals surface area contributed by atoms with Crippen molar-refractivity contribution in [2.45, 2.75) is 43.8 Å². The zero-order valence-corrected chi connectivity index (χ0v) is 11.1. The van der Waals surface area contributed by atoms with Gasteiger partial charge in [0.15, 0.2) is 0 Å². The first-order valence-electron chi connectivity index (χ1n) is 7.13. The van der Waals surface area contributed by atoms with E-state index in [4.69, 9.17) is 4.74 Å². The van der Waals surface area contributed by atoms with E-state index in [2.05, 4.69) is 10.6 Å². The van der Waals surface area contributed by atoms with Crippen LogP contribution in [0.25, 0.3) is 0 Å². The van der Waals surface area contributed by atoms with Crippen LogP contribution in [0.4, 0.5) is 0 Å². The molecule has 3 fully saturated rings. The molecular formula is C13H21N3O3. The summed E-state index contributed by atoms with van der Waals surface area (Å²) in [6.45, 7) is 2.74. The van der Waals surface area contributed by atoms with Crippen molar-refractivity contribution in [1.82, 2.24) is 15.5 Å². The minimum Gasteiger partial charge on any atom is -0.378 e. The lowest BCUT2D eigenvalue weighted by Gasteiger charge is -2.30. The third-order valence-corrected chi connectivity index (χ3v) is 4.28. The number of hydrogen-bond donors (Lipinski definition) is 2. The maximum Gasteiger partial charge on any atom is 0.224 e. The van der Waals surface area contributed by atoms with Gasteiger partial charge in [-0.05, 0) is 12.8 Å². The molecule has 3 aliphatic rings. The molecule has 3 aliphatic heterocycles. The van der Waals surface area contributed by atoms with Crippen molar-refractivity contribution in [1.29, 1.82) is 0 Å². The van der Waals surface area contributed by atoms with E-state index in [1.165, 1.54) is 0 Å². The van der Waals surface area contributed by atoms with Crippen molar-refractivity contribution in [3.05, 3.63) is 0 Å². The van der Waals surface area contributed by atoms with Gasteiger partial charge in [-0.15, -0.1) is 0 Å². The van der Waals surface area contributed by atoms with Gasteiger partial charge in [0.05, 0.1) is 13.2 Å². The SMILES string of the molecule is O=C1CC2CCC(CN1)N2C(=O)CC1COCCN1. The Labute approximate surface area is 112 Å². The van der Waals surface area contributed by atoms with Crippen molar-refractivity contribution in [2.75, 3.05) is 26.3 Å². The van der Waals surface area contributed by atoms with Crippen LogP contribution in [0.1, 0.15) is 25.7 Å². The second-order valence-corrected chi connectivity index (χ2v) is 5.62. The summed E-state index contributed by atoms with van der Waals surface area (Å²) in [7, 11) is 0. The zero-order chi connectivity index (χ0) is 13.2. The molecule has 3 atom stereocenters. The molecular weight excluding hydrogens is 246 g/mol. The minimum absolute atomic E-state index is 0.0733. The van der Waals surface area contributed by atoms with Gasteiger partial charge in [-0.3, -0.25) is 9.59 Å². The Morgan fingerprint density at radius 1 is 1.37 bits per heavy atom. The molecule has 2 bridgehead atoms. The molecule has 2 amide bonds. The Balaban J connectivity index is 1.63. The normalized spacial score (nSPS) is 34.8. The second-order valence-electron chi connectivity index (χ2n) is 5.62. The van der Waals surface area contributed by atoms with Gasteiger partial charge in [-0.1, -0.05) is 0 Å². The lowest BCUT2D eigenvalue weighted by molar-refractivity contribution is -0.135. The van der Waals surface area contributed by atoms with Crippen LogP contribution in [0.15, 0.2) is 0 Å². The monoisotopic (exact) mass is 267 g/mol. The maximum atomic E-state index is 12.5. The molecule has 19 heavy (non-hydrogen) atoms. The van der Waals surface area contributed by atoms with E-state index < -0.39 is 0 Å². The van der Waals surface area contributed by atoms with E-state index >= 15 is 0 Å². The Morgan fingerprint density at radius 3 is 3.00 bits per heavy atom. The molecule has 3 rings (SSSR count). The van der Waals surface area contributed by atoms with Crippen LogP contribution in [0.5, 0.6) is 0 Å². The predicted octanol–water partition coefficient (Wildman–Crippen LogP) is -0.756. The molecule has 6 nitrogen and oxygen atoms in total. The largest absolute Gasteiger partial charge is 0.378 e. The molecule has 0 radical (unpaired) electrons. The van der Waals surface area contributed by atoms with Crippen molar-refractivity contribution >= 4 is 11.8 Å². The summed E-state index contributed by atoms with van der Waals surface area (Å²) in [5.74, 6) is 0.233. The van der Waals surface area contributed by atoms with E-state index in [9.17, 15) is 9.59 Å². The molecule has 0 aromatic rings.